The lowest BCUT2D eigenvalue weighted by Crippen LogP contribution is -2.21. The van der Waals surface area contributed by atoms with E-state index in [0.717, 1.165) is 6.20 Å². The Morgan fingerprint density at radius 2 is 1.94 bits per heavy atom. The molecule has 5 rings (SSSR count). The third-order valence-electron chi connectivity index (χ3n) is 5.36. The Morgan fingerprint density at radius 3 is 2.67 bits per heavy atom. The molecule has 9 nitrogen and oxygen atoms in total. The number of hydrogen-bond acceptors (Lipinski definition) is 6. The number of anilines is 1. The number of alkyl halides is 3. The van der Waals surface area contributed by atoms with Gasteiger partial charge >= 0.3 is 6.18 Å². The second-order valence-corrected chi connectivity index (χ2v) is 7.72. The zero-order chi connectivity index (χ0) is 25.4. The number of nitrogens with zero attached hydrogens (tertiary/aromatic N) is 7. The van der Waals surface area contributed by atoms with E-state index in [1.165, 1.54) is 29.2 Å². The Labute approximate surface area is 201 Å². The van der Waals surface area contributed by atoms with Gasteiger partial charge in [0.15, 0.2) is 5.69 Å². The van der Waals surface area contributed by atoms with Gasteiger partial charge in [0.1, 0.15) is 17.5 Å². The van der Waals surface area contributed by atoms with E-state index in [2.05, 4.69) is 25.5 Å². The summed E-state index contributed by atoms with van der Waals surface area (Å²) in [6, 6.07) is 12.9. The molecule has 1 amide bonds. The number of benzene rings is 1. The van der Waals surface area contributed by atoms with E-state index in [9.17, 15) is 23.2 Å². The van der Waals surface area contributed by atoms with Crippen molar-refractivity contribution < 1.29 is 18.0 Å². The summed E-state index contributed by atoms with van der Waals surface area (Å²) in [4.78, 5) is 21.3. The quantitative estimate of drug-likeness (QED) is 0.402. The normalized spacial score (nSPS) is 11.4. The zero-order valence-electron chi connectivity index (χ0n) is 18.5. The number of pyridine rings is 2. The fraction of sp³-hybridized carbons (Fsp3) is 0.0833. The van der Waals surface area contributed by atoms with Gasteiger partial charge in [-0.3, -0.25) is 19.4 Å². The molecule has 0 bridgehead atoms. The minimum Gasteiger partial charge on any atom is -0.320 e. The summed E-state index contributed by atoms with van der Waals surface area (Å²) in [5.41, 5.74) is -0.451. The molecule has 1 N–H and O–H groups in total. The average molecular weight is 488 g/mol. The number of hydrogen-bond donors (Lipinski definition) is 1. The summed E-state index contributed by atoms with van der Waals surface area (Å²) >= 11 is 0. The predicted molar refractivity (Wildman–Crippen MR) is 123 cm³/mol. The van der Waals surface area contributed by atoms with Gasteiger partial charge in [0.2, 0.25) is 0 Å². The van der Waals surface area contributed by atoms with Crippen LogP contribution in [-0.4, -0.2) is 35.4 Å². The number of aromatic nitrogens is 6. The van der Waals surface area contributed by atoms with Crippen LogP contribution in [0.15, 0.2) is 67.3 Å². The molecule has 0 aliphatic carbocycles. The van der Waals surface area contributed by atoms with Crippen LogP contribution >= 0.6 is 0 Å². The molecule has 0 spiro atoms. The van der Waals surface area contributed by atoms with Crippen LogP contribution in [0, 0.1) is 11.3 Å². The maximum atomic E-state index is 14.2. The summed E-state index contributed by atoms with van der Waals surface area (Å²) < 4.78 is 44.7. The van der Waals surface area contributed by atoms with Crippen LogP contribution < -0.4 is 5.32 Å². The highest BCUT2D eigenvalue weighted by Gasteiger charge is 2.41. The molecule has 0 aliphatic rings. The molecule has 0 atom stereocenters. The van der Waals surface area contributed by atoms with Crippen LogP contribution in [0.4, 0.5) is 18.9 Å². The van der Waals surface area contributed by atoms with E-state index < -0.39 is 23.3 Å². The number of amides is 1. The topological polar surface area (TPSA) is 114 Å². The van der Waals surface area contributed by atoms with Crippen molar-refractivity contribution in [3.05, 3.63) is 84.1 Å². The third-order valence-corrected chi connectivity index (χ3v) is 5.36. The molecule has 178 valence electrons. The molecule has 5 aromatic rings. The van der Waals surface area contributed by atoms with Crippen LogP contribution in [-0.2, 0) is 13.2 Å². The van der Waals surface area contributed by atoms with Gasteiger partial charge in [-0.1, -0.05) is 6.07 Å². The van der Waals surface area contributed by atoms with Crippen molar-refractivity contribution in [2.75, 3.05) is 5.32 Å². The van der Waals surface area contributed by atoms with Gasteiger partial charge in [0.05, 0.1) is 40.4 Å². The van der Waals surface area contributed by atoms with Crippen molar-refractivity contribution in [3.63, 3.8) is 0 Å². The van der Waals surface area contributed by atoms with Crippen LogP contribution in [0.2, 0.25) is 0 Å². The second-order valence-electron chi connectivity index (χ2n) is 7.72. The molecule has 1 aromatic carbocycles. The van der Waals surface area contributed by atoms with Gasteiger partial charge in [-0.25, -0.2) is 4.68 Å². The highest BCUT2D eigenvalue weighted by molar-refractivity contribution is 6.05. The molecular formula is C24H15F3N8O. The zero-order valence-corrected chi connectivity index (χ0v) is 18.5. The van der Waals surface area contributed by atoms with E-state index in [1.54, 1.807) is 43.6 Å². The number of nitrogens with one attached hydrogen (secondary N) is 1. The van der Waals surface area contributed by atoms with Crippen LogP contribution in [0.3, 0.4) is 0 Å². The van der Waals surface area contributed by atoms with Gasteiger partial charge in [0.25, 0.3) is 5.91 Å². The molecule has 0 radical (unpaired) electrons. The van der Waals surface area contributed by atoms with Gasteiger partial charge in [-0.05, 0) is 36.4 Å². The molecule has 4 heterocycles. The standard InChI is InChI=1S/C24H15F3N8O/c1-34-9-7-19(33-34)21-14(11-28)10-15(12-30-21)32-23(36)17-13-31-35(22(17)24(25,26)27)20-6-2-5-18-16(20)4-3-8-29-18/h2-10,12-13H,1H3,(H,32,36). The van der Waals surface area contributed by atoms with Gasteiger partial charge in [0, 0.05) is 24.8 Å². The summed E-state index contributed by atoms with van der Waals surface area (Å²) in [5, 5.41) is 20.4. The number of aryl methyl sites for hydroxylation is 1. The number of carbonyl (C=O) groups excluding carboxylic acids is 1. The maximum Gasteiger partial charge on any atom is 0.434 e. The summed E-state index contributed by atoms with van der Waals surface area (Å²) in [6.07, 6.45) is 0.412. The number of carbonyl (C=O) groups is 1. The molecule has 0 fully saturated rings. The van der Waals surface area contributed by atoms with E-state index in [0.29, 0.717) is 21.3 Å². The highest BCUT2D eigenvalue weighted by atomic mass is 19.4. The second kappa shape index (κ2) is 8.62. The predicted octanol–water partition coefficient (Wildman–Crippen LogP) is 4.36. The lowest BCUT2D eigenvalue weighted by atomic mass is 10.1. The number of rotatable bonds is 4. The molecule has 12 heteroatoms. The Hall–Kier alpha value is -5.05. The summed E-state index contributed by atoms with van der Waals surface area (Å²) in [5.74, 6) is -1.05. The van der Waals surface area contributed by atoms with Gasteiger partial charge < -0.3 is 5.32 Å². The fourth-order valence-corrected chi connectivity index (χ4v) is 3.80. The van der Waals surface area contributed by atoms with Gasteiger partial charge in [-0.2, -0.15) is 28.6 Å². The van der Waals surface area contributed by atoms with Crippen molar-refractivity contribution in [1.82, 2.24) is 29.5 Å². The van der Waals surface area contributed by atoms with Crippen LogP contribution in [0.25, 0.3) is 28.0 Å². The molecular weight excluding hydrogens is 473 g/mol. The van der Waals surface area contributed by atoms with Gasteiger partial charge in [-0.15, -0.1) is 0 Å². The number of nitriles is 1. The van der Waals surface area contributed by atoms with Crippen molar-refractivity contribution in [2.24, 2.45) is 7.05 Å². The first kappa shape index (κ1) is 22.7. The Bertz CT molecular complexity index is 1660. The van der Waals surface area contributed by atoms with Crippen molar-refractivity contribution in [3.8, 4) is 23.1 Å². The lowest BCUT2D eigenvalue weighted by molar-refractivity contribution is -0.143. The number of fused-ring (bicyclic) bond motifs is 1. The van der Waals surface area contributed by atoms with Crippen molar-refractivity contribution >= 4 is 22.5 Å². The van der Waals surface area contributed by atoms with Crippen LogP contribution in [0.5, 0.6) is 0 Å². The van der Waals surface area contributed by atoms with Crippen LogP contribution in [0.1, 0.15) is 21.6 Å². The van der Waals surface area contributed by atoms with Crippen molar-refractivity contribution in [1.29, 1.82) is 5.26 Å². The fourth-order valence-electron chi connectivity index (χ4n) is 3.80. The smallest absolute Gasteiger partial charge is 0.320 e. The SMILES string of the molecule is Cn1ccc(-c2ncc(NC(=O)c3cnn(-c4cccc5ncccc45)c3C(F)(F)F)cc2C#N)n1. The average Bonchev–Trinajstić information content (AvgIpc) is 3.50. The first-order valence-corrected chi connectivity index (χ1v) is 10.5. The Morgan fingerprint density at radius 1 is 1.11 bits per heavy atom. The molecule has 0 aliphatic heterocycles. The van der Waals surface area contributed by atoms with Crippen molar-refractivity contribution in [2.45, 2.75) is 6.18 Å². The van der Waals surface area contributed by atoms with E-state index in [-0.39, 0.29) is 22.6 Å². The summed E-state index contributed by atoms with van der Waals surface area (Å²) in [6.45, 7) is 0. The minimum atomic E-state index is -4.90. The Kier molecular flexibility index (Phi) is 5.44. The highest BCUT2D eigenvalue weighted by Crippen LogP contribution is 2.35. The minimum absolute atomic E-state index is 0.0477. The number of halogens is 3. The van der Waals surface area contributed by atoms with E-state index in [1.807, 2.05) is 6.07 Å². The largest absolute Gasteiger partial charge is 0.434 e. The lowest BCUT2D eigenvalue weighted by Gasteiger charge is -2.14. The first-order valence-electron chi connectivity index (χ1n) is 10.5. The molecule has 4 aromatic heterocycles. The molecule has 36 heavy (non-hydrogen) atoms. The maximum absolute atomic E-state index is 14.2. The monoisotopic (exact) mass is 488 g/mol. The molecule has 0 saturated heterocycles. The van der Waals surface area contributed by atoms with E-state index in [4.69, 9.17) is 0 Å². The molecule has 0 unspecified atom stereocenters. The summed E-state index contributed by atoms with van der Waals surface area (Å²) in [7, 11) is 1.71. The van der Waals surface area contributed by atoms with E-state index >= 15 is 0 Å². The third kappa shape index (κ3) is 4.03. The Balaban J connectivity index is 1.53. The molecule has 0 saturated carbocycles. The first-order chi connectivity index (χ1) is 17.3.